The zero-order chi connectivity index (χ0) is 17.2. The van der Waals surface area contributed by atoms with Crippen LogP contribution < -0.4 is 10.1 Å². The van der Waals surface area contributed by atoms with Crippen LogP contribution >= 0.6 is 0 Å². The lowest BCUT2D eigenvalue weighted by Gasteiger charge is -2.21. The van der Waals surface area contributed by atoms with Gasteiger partial charge in [-0.1, -0.05) is 24.3 Å². The van der Waals surface area contributed by atoms with E-state index < -0.39 is 0 Å². The topological polar surface area (TPSA) is 51.2 Å². The van der Waals surface area contributed by atoms with Crippen molar-refractivity contribution < 1.29 is 9.53 Å². The number of pyridine rings is 1. The Balaban J connectivity index is 1.73. The molecule has 0 radical (unpaired) electrons. The minimum absolute atomic E-state index is 0.231. The Morgan fingerprint density at radius 3 is 2.38 bits per heavy atom. The number of benzene rings is 2. The van der Waals surface area contributed by atoms with Crippen molar-refractivity contribution in [3.63, 3.8) is 0 Å². The van der Waals surface area contributed by atoms with Crippen molar-refractivity contribution in [3.8, 4) is 5.75 Å². The van der Waals surface area contributed by atoms with E-state index in [4.69, 9.17) is 4.74 Å². The maximum Gasteiger partial charge on any atom is 0.274 e. The summed E-state index contributed by atoms with van der Waals surface area (Å²) in [5.41, 5.74) is 1.65. The lowest BCUT2D eigenvalue weighted by Crippen LogP contribution is -2.22. The van der Waals surface area contributed by atoms with E-state index in [1.54, 1.807) is 6.07 Å². The highest BCUT2D eigenvalue weighted by atomic mass is 16.5. The molecule has 122 valence electrons. The van der Waals surface area contributed by atoms with E-state index in [1.165, 1.54) is 0 Å². The zero-order valence-corrected chi connectivity index (χ0v) is 14.0. The van der Waals surface area contributed by atoms with E-state index in [0.717, 1.165) is 16.7 Å². The molecule has 0 aliphatic carbocycles. The fourth-order valence-electron chi connectivity index (χ4n) is 2.35. The molecule has 2 aromatic carbocycles. The van der Waals surface area contributed by atoms with Gasteiger partial charge in [-0.2, -0.15) is 0 Å². The van der Waals surface area contributed by atoms with Crippen molar-refractivity contribution in [2.45, 2.75) is 26.4 Å². The molecule has 4 heteroatoms. The van der Waals surface area contributed by atoms with Crippen molar-refractivity contribution in [2.24, 2.45) is 0 Å². The van der Waals surface area contributed by atoms with Crippen LogP contribution in [-0.2, 0) is 0 Å². The number of hydrogen-bond acceptors (Lipinski definition) is 3. The molecule has 0 spiro atoms. The summed E-state index contributed by atoms with van der Waals surface area (Å²) < 4.78 is 5.77. The fourth-order valence-corrected chi connectivity index (χ4v) is 2.35. The minimum Gasteiger partial charge on any atom is -0.488 e. The number of carbonyl (C=O) groups excluding carboxylic acids is 1. The summed E-state index contributed by atoms with van der Waals surface area (Å²) in [7, 11) is 0. The molecule has 0 aliphatic heterocycles. The number of fused-ring (bicyclic) bond motifs is 1. The normalized spacial score (nSPS) is 11.3. The lowest BCUT2D eigenvalue weighted by atomic mass is 10.2. The predicted octanol–water partition coefficient (Wildman–Crippen LogP) is 4.66. The molecule has 4 nitrogen and oxygen atoms in total. The van der Waals surface area contributed by atoms with Crippen LogP contribution in [0.4, 0.5) is 5.69 Å². The molecule has 0 saturated heterocycles. The van der Waals surface area contributed by atoms with Crippen molar-refractivity contribution in [2.75, 3.05) is 5.32 Å². The number of carbonyl (C=O) groups is 1. The third-order valence-electron chi connectivity index (χ3n) is 3.37. The number of aromatic nitrogens is 1. The first-order valence-corrected chi connectivity index (χ1v) is 7.87. The Kier molecular flexibility index (Phi) is 4.21. The summed E-state index contributed by atoms with van der Waals surface area (Å²) in [5, 5.41) is 3.87. The second-order valence-electron chi connectivity index (χ2n) is 6.58. The van der Waals surface area contributed by atoms with Crippen molar-refractivity contribution >= 4 is 22.5 Å². The van der Waals surface area contributed by atoms with Gasteiger partial charge in [-0.25, -0.2) is 4.98 Å². The van der Waals surface area contributed by atoms with Crippen LogP contribution in [0.2, 0.25) is 0 Å². The number of anilines is 1. The Morgan fingerprint density at radius 1 is 0.958 bits per heavy atom. The first-order chi connectivity index (χ1) is 11.4. The Hall–Kier alpha value is -2.88. The van der Waals surface area contributed by atoms with E-state index >= 15 is 0 Å². The maximum absolute atomic E-state index is 12.4. The van der Waals surface area contributed by atoms with Crippen LogP contribution in [0.15, 0.2) is 60.7 Å². The second kappa shape index (κ2) is 6.32. The standard InChI is InChI=1S/C20H20N2O2/c1-20(2,3)24-16-11-9-15(10-12-16)21-19(23)18-13-8-14-6-4-5-7-17(14)22-18/h4-13H,1-3H3,(H,21,23). The van der Waals surface area contributed by atoms with Gasteiger partial charge < -0.3 is 10.1 Å². The summed E-state index contributed by atoms with van der Waals surface area (Å²) in [5.74, 6) is 0.537. The Bertz CT molecular complexity index is 865. The van der Waals surface area contributed by atoms with Gasteiger partial charge in [0.2, 0.25) is 0 Å². The monoisotopic (exact) mass is 320 g/mol. The average molecular weight is 320 g/mol. The smallest absolute Gasteiger partial charge is 0.274 e. The van der Waals surface area contributed by atoms with Gasteiger partial charge in [0.25, 0.3) is 5.91 Å². The lowest BCUT2D eigenvalue weighted by molar-refractivity contribution is 0.102. The molecule has 0 saturated carbocycles. The van der Waals surface area contributed by atoms with Gasteiger partial charge >= 0.3 is 0 Å². The minimum atomic E-state index is -0.250. The van der Waals surface area contributed by atoms with E-state index in [2.05, 4.69) is 10.3 Å². The number of nitrogens with one attached hydrogen (secondary N) is 1. The van der Waals surface area contributed by atoms with Gasteiger partial charge in [-0.15, -0.1) is 0 Å². The van der Waals surface area contributed by atoms with Crippen molar-refractivity contribution in [1.82, 2.24) is 4.98 Å². The summed E-state index contributed by atoms with van der Waals surface area (Å²) in [6, 6.07) is 18.7. The van der Waals surface area contributed by atoms with Crippen LogP contribution in [0.1, 0.15) is 31.3 Å². The first-order valence-electron chi connectivity index (χ1n) is 7.87. The summed E-state index contributed by atoms with van der Waals surface area (Å²) >= 11 is 0. The molecule has 0 bridgehead atoms. The highest BCUT2D eigenvalue weighted by Gasteiger charge is 2.12. The van der Waals surface area contributed by atoms with Crippen molar-refractivity contribution in [1.29, 1.82) is 0 Å². The third-order valence-corrected chi connectivity index (χ3v) is 3.37. The van der Waals surface area contributed by atoms with Gasteiger partial charge in [0.15, 0.2) is 0 Å². The van der Waals surface area contributed by atoms with Crippen LogP contribution in [0.5, 0.6) is 5.75 Å². The van der Waals surface area contributed by atoms with Crippen LogP contribution in [0.3, 0.4) is 0 Å². The molecule has 1 N–H and O–H groups in total. The van der Waals surface area contributed by atoms with E-state index in [1.807, 2.05) is 75.4 Å². The molecule has 24 heavy (non-hydrogen) atoms. The average Bonchev–Trinajstić information content (AvgIpc) is 2.55. The number of nitrogens with zero attached hydrogens (tertiary/aromatic N) is 1. The SMILES string of the molecule is CC(C)(C)Oc1ccc(NC(=O)c2ccc3ccccc3n2)cc1. The predicted molar refractivity (Wildman–Crippen MR) is 96.5 cm³/mol. The quantitative estimate of drug-likeness (QED) is 0.763. The molecule has 1 heterocycles. The molecule has 1 amide bonds. The molecule has 0 atom stereocenters. The van der Waals surface area contributed by atoms with Crippen LogP contribution in [0.25, 0.3) is 10.9 Å². The number of ether oxygens (including phenoxy) is 1. The van der Waals surface area contributed by atoms with Gasteiger partial charge in [-0.05, 0) is 57.2 Å². The molecule has 0 fully saturated rings. The van der Waals surface area contributed by atoms with E-state index in [9.17, 15) is 4.79 Å². The molecule has 1 aromatic heterocycles. The molecular formula is C20H20N2O2. The highest BCUT2D eigenvalue weighted by molar-refractivity contribution is 6.04. The molecule has 3 rings (SSSR count). The largest absolute Gasteiger partial charge is 0.488 e. The third kappa shape index (κ3) is 3.90. The van der Waals surface area contributed by atoms with Gasteiger partial charge in [0, 0.05) is 11.1 Å². The molecule has 3 aromatic rings. The second-order valence-corrected chi connectivity index (χ2v) is 6.58. The molecular weight excluding hydrogens is 300 g/mol. The summed E-state index contributed by atoms with van der Waals surface area (Å²) in [6.07, 6.45) is 0. The highest BCUT2D eigenvalue weighted by Crippen LogP contribution is 2.21. The molecule has 0 unspecified atom stereocenters. The number of amides is 1. The number of rotatable bonds is 3. The number of hydrogen-bond donors (Lipinski definition) is 1. The van der Waals surface area contributed by atoms with E-state index in [0.29, 0.717) is 11.4 Å². The summed E-state index contributed by atoms with van der Waals surface area (Å²) in [4.78, 5) is 16.8. The van der Waals surface area contributed by atoms with Gasteiger partial charge in [0.1, 0.15) is 17.0 Å². The fraction of sp³-hybridized carbons (Fsp3) is 0.200. The van der Waals surface area contributed by atoms with E-state index in [-0.39, 0.29) is 11.5 Å². The van der Waals surface area contributed by atoms with Gasteiger partial charge in [-0.3, -0.25) is 4.79 Å². The van der Waals surface area contributed by atoms with Crippen molar-refractivity contribution in [3.05, 3.63) is 66.4 Å². The summed E-state index contributed by atoms with van der Waals surface area (Å²) in [6.45, 7) is 5.98. The zero-order valence-electron chi connectivity index (χ0n) is 14.0. The maximum atomic E-state index is 12.4. The van der Waals surface area contributed by atoms with Gasteiger partial charge in [0.05, 0.1) is 5.52 Å². The van der Waals surface area contributed by atoms with Crippen LogP contribution in [0, 0.1) is 0 Å². The molecule has 0 aliphatic rings. The Labute approximate surface area is 141 Å². The number of para-hydroxylation sites is 1. The Morgan fingerprint density at radius 2 is 1.67 bits per heavy atom. The van der Waals surface area contributed by atoms with Crippen LogP contribution in [-0.4, -0.2) is 16.5 Å². The first kappa shape index (κ1) is 16.0.